The Hall–Kier alpha value is -0.570. The van der Waals surface area contributed by atoms with E-state index in [0.29, 0.717) is 0 Å². The first-order valence-corrected chi connectivity index (χ1v) is 5.35. The van der Waals surface area contributed by atoms with Crippen LogP contribution in [0.3, 0.4) is 0 Å². The van der Waals surface area contributed by atoms with E-state index in [4.69, 9.17) is 5.73 Å². The van der Waals surface area contributed by atoms with Crippen molar-refractivity contribution >= 4 is 16.5 Å². The number of aromatic nitrogens is 1. The maximum atomic E-state index is 5.65. The predicted molar refractivity (Wildman–Crippen MR) is 52.3 cm³/mol. The van der Waals surface area contributed by atoms with Crippen LogP contribution < -0.4 is 5.73 Å². The smallest absolute Gasteiger partial charge is 0.180 e. The van der Waals surface area contributed by atoms with Gasteiger partial charge >= 0.3 is 0 Å². The third kappa shape index (κ3) is 1.33. The fourth-order valence-electron chi connectivity index (χ4n) is 1.82. The third-order valence-electron chi connectivity index (χ3n) is 2.63. The Labute approximate surface area is 76.8 Å². The molecule has 0 radical (unpaired) electrons. The molecule has 2 nitrogen and oxygen atoms in total. The molecular weight excluding hydrogens is 168 g/mol. The minimum atomic E-state index is 0.747. The van der Waals surface area contributed by atoms with Crippen LogP contribution in [-0.2, 0) is 12.8 Å². The standard InChI is InChI=1S/C9H14N2S/c1-2-6-3-4-8-7(5-6)11-9(10)12-8/h6H,2-5H2,1H3,(H2,10,11). The van der Waals surface area contributed by atoms with Gasteiger partial charge in [0.25, 0.3) is 0 Å². The number of fused-ring (bicyclic) bond motifs is 1. The lowest BCUT2D eigenvalue weighted by Gasteiger charge is -2.18. The molecule has 1 aromatic heterocycles. The van der Waals surface area contributed by atoms with Crippen molar-refractivity contribution in [3.8, 4) is 0 Å². The molecule has 1 atom stereocenters. The van der Waals surface area contributed by atoms with Gasteiger partial charge in [0.1, 0.15) is 0 Å². The third-order valence-corrected chi connectivity index (χ3v) is 3.62. The Morgan fingerprint density at radius 2 is 2.50 bits per heavy atom. The number of hydrogen-bond acceptors (Lipinski definition) is 3. The molecule has 0 spiro atoms. The molecule has 0 bridgehead atoms. The van der Waals surface area contributed by atoms with Crippen LogP contribution in [-0.4, -0.2) is 4.98 Å². The van der Waals surface area contributed by atoms with Crippen molar-refractivity contribution in [2.24, 2.45) is 5.92 Å². The van der Waals surface area contributed by atoms with E-state index in [-0.39, 0.29) is 0 Å². The highest BCUT2D eigenvalue weighted by Gasteiger charge is 2.20. The van der Waals surface area contributed by atoms with Gasteiger partial charge in [0.05, 0.1) is 5.69 Å². The summed E-state index contributed by atoms with van der Waals surface area (Å²) in [7, 11) is 0. The Morgan fingerprint density at radius 3 is 3.25 bits per heavy atom. The van der Waals surface area contributed by atoms with E-state index in [1.54, 1.807) is 11.3 Å². The van der Waals surface area contributed by atoms with Crippen LogP contribution in [0.1, 0.15) is 30.3 Å². The van der Waals surface area contributed by atoms with Gasteiger partial charge < -0.3 is 5.73 Å². The maximum Gasteiger partial charge on any atom is 0.180 e. The van der Waals surface area contributed by atoms with Crippen LogP contribution in [0.4, 0.5) is 5.13 Å². The van der Waals surface area contributed by atoms with E-state index >= 15 is 0 Å². The van der Waals surface area contributed by atoms with Gasteiger partial charge in [-0.05, 0) is 25.2 Å². The summed E-state index contributed by atoms with van der Waals surface area (Å²) in [5.41, 5.74) is 6.93. The van der Waals surface area contributed by atoms with Crippen molar-refractivity contribution in [1.29, 1.82) is 0 Å². The molecule has 2 N–H and O–H groups in total. The summed E-state index contributed by atoms with van der Waals surface area (Å²) in [4.78, 5) is 5.77. The highest BCUT2D eigenvalue weighted by atomic mass is 32.1. The summed E-state index contributed by atoms with van der Waals surface area (Å²) in [6.07, 6.45) is 4.95. The largest absolute Gasteiger partial charge is 0.375 e. The van der Waals surface area contributed by atoms with E-state index < -0.39 is 0 Å². The lowest BCUT2D eigenvalue weighted by Crippen LogP contribution is -2.12. The zero-order chi connectivity index (χ0) is 8.55. The maximum absolute atomic E-state index is 5.65. The first-order valence-electron chi connectivity index (χ1n) is 4.53. The second-order valence-corrected chi connectivity index (χ2v) is 4.55. The number of rotatable bonds is 1. The number of nitrogens with zero attached hydrogens (tertiary/aromatic N) is 1. The number of nitrogen functional groups attached to an aromatic ring is 1. The van der Waals surface area contributed by atoms with E-state index in [1.807, 2.05) is 0 Å². The number of hydrogen-bond donors (Lipinski definition) is 1. The van der Waals surface area contributed by atoms with Gasteiger partial charge in [0, 0.05) is 4.88 Å². The van der Waals surface area contributed by atoms with Gasteiger partial charge in [-0.25, -0.2) is 4.98 Å². The van der Waals surface area contributed by atoms with E-state index in [9.17, 15) is 0 Å². The van der Waals surface area contributed by atoms with Gasteiger partial charge in [0.15, 0.2) is 5.13 Å². The van der Waals surface area contributed by atoms with Crippen molar-refractivity contribution in [3.63, 3.8) is 0 Å². The first-order chi connectivity index (χ1) is 5.79. The number of nitrogens with two attached hydrogens (primary N) is 1. The average molecular weight is 182 g/mol. The van der Waals surface area contributed by atoms with E-state index in [0.717, 1.165) is 17.5 Å². The molecular formula is C9H14N2S. The highest BCUT2D eigenvalue weighted by Crippen LogP contribution is 2.31. The van der Waals surface area contributed by atoms with Crippen molar-refractivity contribution in [3.05, 3.63) is 10.6 Å². The SMILES string of the molecule is CCC1CCc2sc(N)nc2C1. The van der Waals surface area contributed by atoms with E-state index in [2.05, 4.69) is 11.9 Å². The van der Waals surface area contributed by atoms with Crippen molar-refractivity contribution in [1.82, 2.24) is 4.98 Å². The Morgan fingerprint density at radius 1 is 1.67 bits per heavy atom. The van der Waals surface area contributed by atoms with Crippen LogP contribution >= 0.6 is 11.3 Å². The van der Waals surface area contributed by atoms with Crippen molar-refractivity contribution in [2.75, 3.05) is 5.73 Å². The average Bonchev–Trinajstić information content (AvgIpc) is 2.43. The van der Waals surface area contributed by atoms with Crippen molar-refractivity contribution in [2.45, 2.75) is 32.6 Å². The molecule has 0 aliphatic heterocycles. The first kappa shape index (κ1) is 8.05. The van der Waals surface area contributed by atoms with Crippen LogP contribution in [0.2, 0.25) is 0 Å². The van der Waals surface area contributed by atoms with Crippen molar-refractivity contribution < 1.29 is 0 Å². The molecule has 1 aliphatic carbocycles. The minimum absolute atomic E-state index is 0.747. The lowest BCUT2D eigenvalue weighted by molar-refractivity contribution is 0.443. The van der Waals surface area contributed by atoms with Crippen LogP contribution in [0.25, 0.3) is 0 Å². The summed E-state index contributed by atoms with van der Waals surface area (Å²) in [6, 6.07) is 0. The predicted octanol–water partition coefficient (Wildman–Crippen LogP) is 2.24. The van der Waals surface area contributed by atoms with Gasteiger partial charge in [-0.3, -0.25) is 0 Å². The minimum Gasteiger partial charge on any atom is -0.375 e. The normalized spacial score (nSPS) is 22.2. The lowest BCUT2D eigenvalue weighted by atomic mass is 9.89. The van der Waals surface area contributed by atoms with E-state index in [1.165, 1.54) is 29.8 Å². The fourth-order valence-corrected chi connectivity index (χ4v) is 2.69. The summed E-state index contributed by atoms with van der Waals surface area (Å²) >= 11 is 1.67. The Kier molecular flexibility index (Phi) is 2.05. The summed E-state index contributed by atoms with van der Waals surface area (Å²) < 4.78 is 0. The Balaban J connectivity index is 2.22. The molecule has 1 aliphatic rings. The fraction of sp³-hybridized carbons (Fsp3) is 0.667. The molecule has 1 aromatic rings. The summed E-state index contributed by atoms with van der Waals surface area (Å²) in [5.74, 6) is 0.846. The molecule has 0 amide bonds. The number of aryl methyl sites for hydroxylation is 1. The van der Waals surface area contributed by atoms with Crippen LogP contribution in [0, 0.1) is 5.92 Å². The van der Waals surface area contributed by atoms with Gasteiger partial charge in [-0.2, -0.15) is 0 Å². The topological polar surface area (TPSA) is 38.9 Å². The number of thiazole rings is 1. The van der Waals surface area contributed by atoms with Crippen LogP contribution in [0.5, 0.6) is 0 Å². The van der Waals surface area contributed by atoms with Gasteiger partial charge in [-0.1, -0.05) is 13.3 Å². The monoisotopic (exact) mass is 182 g/mol. The number of anilines is 1. The Bertz CT molecular complexity index is 280. The molecule has 3 heteroatoms. The molecule has 0 aromatic carbocycles. The second kappa shape index (κ2) is 3.05. The zero-order valence-corrected chi connectivity index (χ0v) is 8.16. The molecule has 0 fully saturated rings. The highest BCUT2D eigenvalue weighted by molar-refractivity contribution is 7.15. The quantitative estimate of drug-likeness (QED) is 0.723. The molecule has 1 unspecified atom stereocenters. The van der Waals surface area contributed by atoms with Crippen LogP contribution in [0.15, 0.2) is 0 Å². The molecule has 2 rings (SSSR count). The molecule has 0 saturated carbocycles. The van der Waals surface area contributed by atoms with Gasteiger partial charge in [0.2, 0.25) is 0 Å². The molecule has 12 heavy (non-hydrogen) atoms. The zero-order valence-electron chi connectivity index (χ0n) is 7.34. The molecule has 0 saturated heterocycles. The summed E-state index contributed by atoms with van der Waals surface area (Å²) in [5, 5.41) is 0.747. The van der Waals surface area contributed by atoms with Gasteiger partial charge in [-0.15, -0.1) is 11.3 Å². The molecule has 1 heterocycles. The second-order valence-electron chi connectivity index (χ2n) is 3.44. The molecule has 66 valence electrons. The summed E-state index contributed by atoms with van der Waals surface area (Å²) in [6.45, 7) is 2.26.